The topological polar surface area (TPSA) is 110 Å². The van der Waals surface area contributed by atoms with E-state index in [1.165, 1.54) is 0 Å². The molecule has 0 spiro atoms. The Morgan fingerprint density at radius 2 is 1.84 bits per heavy atom. The fourth-order valence-electron chi connectivity index (χ4n) is 5.02. The first-order chi connectivity index (χ1) is 18.1. The molecule has 1 aliphatic carbocycles. The molecule has 1 amide bonds. The molecule has 4 rings (SSSR count). The SMILES string of the molecule is CCNS(=O)(=O)c1cc(N2CC(OC(C)C)C2)ccc1-c1cnc([C@H]2CC[C@H](NC(=O)OC(C)C)CC2)s1. The molecule has 210 valence electrons. The highest BCUT2D eigenvalue weighted by atomic mass is 32.2. The number of nitrogens with one attached hydrogen (secondary N) is 2. The van der Waals surface area contributed by atoms with E-state index in [2.05, 4.69) is 14.9 Å². The summed E-state index contributed by atoms with van der Waals surface area (Å²) in [6.45, 7) is 11.3. The molecule has 2 heterocycles. The Hall–Kier alpha value is -2.21. The molecule has 1 aliphatic heterocycles. The molecule has 2 aliphatic rings. The Morgan fingerprint density at radius 1 is 1.13 bits per heavy atom. The molecule has 11 heteroatoms. The zero-order valence-electron chi connectivity index (χ0n) is 22.9. The van der Waals surface area contributed by atoms with E-state index in [1.54, 1.807) is 30.5 Å². The van der Waals surface area contributed by atoms with Crippen LogP contribution in [0.5, 0.6) is 0 Å². The van der Waals surface area contributed by atoms with Crippen molar-refractivity contribution in [3.05, 3.63) is 29.4 Å². The molecule has 1 aromatic heterocycles. The summed E-state index contributed by atoms with van der Waals surface area (Å²) < 4.78 is 40.1. The molecule has 0 unspecified atom stereocenters. The Labute approximate surface area is 230 Å². The van der Waals surface area contributed by atoms with Gasteiger partial charge in [-0.05, 0) is 65.5 Å². The van der Waals surface area contributed by atoms with Crippen molar-refractivity contribution in [3.8, 4) is 10.4 Å². The lowest BCUT2D eigenvalue weighted by Crippen LogP contribution is -2.53. The van der Waals surface area contributed by atoms with Crippen molar-refractivity contribution in [2.45, 2.75) is 95.5 Å². The summed E-state index contributed by atoms with van der Waals surface area (Å²) in [6, 6.07) is 5.76. The van der Waals surface area contributed by atoms with Gasteiger partial charge in [0.2, 0.25) is 10.0 Å². The quantitative estimate of drug-likeness (QED) is 0.423. The van der Waals surface area contributed by atoms with Crippen LogP contribution in [0.2, 0.25) is 0 Å². The van der Waals surface area contributed by atoms with Crippen LogP contribution < -0.4 is 14.9 Å². The highest BCUT2D eigenvalue weighted by Gasteiger charge is 2.31. The van der Waals surface area contributed by atoms with Gasteiger partial charge in [-0.3, -0.25) is 0 Å². The van der Waals surface area contributed by atoms with Crippen molar-refractivity contribution in [2.24, 2.45) is 0 Å². The Morgan fingerprint density at radius 3 is 2.47 bits per heavy atom. The molecule has 1 saturated carbocycles. The predicted molar refractivity (Wildman–Crippen MR) is 150 cm³/mol. The number of ether oxygens (including phenoxy) is 2. The maximum absolute atomic E-state index is 13.2. The standard InChI is InChI=1S/C27H40N4O5S2/c1-6-29-38(33,34)25-13-21(31-15-22(16-31)35-17(2)3)11-12-23(25)24-14-28-26(37-24)19-7-9-20(10-8-19)30-27(32)36-18(4)5/h11-14,17-20,22,29H,6-10,15-16H2,1-5H3,(H,30,32)/t19-,20-. The third-order valence-electron chi connectivity index (χ3n) is 6.80. The highest BCUT2D eigenvalue weighted by molar-refractivity contribution is 7.89. The van der Waals surface area contributed by atoms with Crippen LogP contribution in [-0.2, 0) is 19.5 Å². The largest absolute Gasteiger partial charge is 0.447 e. The van der Waals surface area contributed by atoms with Crippen LogP contribution in [0.15, 0.2) is 29.3 Å². The van der Waals surface area contributed by atoms with E-state index < -0.39 is 10.0 Å². The number of sulfonamides is 1. The summed E-state index contributed by atoms with van der Waals surface area (Å²) in [4.78, 5) is 19.9. The number of hydrogen-bond donors (Lipinski definition) is 2. The van der Waals surface area contributed by atoms with Crippen molar-refractivity contribution in [2.75, 3.05) is 24.5 Å². The van der Waals surface area contributed by atoms with Crippen LogP contribution in [0.1, 0.15) is 71.2 Å². The van der Waals surface area contributed by atoms with Gasteiger partial charge in [-0.2, -0.15) is 0 Å². The number of anilines is 1. The van der Waals surface area contributed by atoms with E-state index in [4.69, 9.17) is 14.5 Å². The number of amides is 1. The van der Waals surface area contributed by atoms with Crippen molar-refractivity contribution in [1.82, 2.24) is 15.0 Å². The molecule has 0 bridgehead atoms. The third kappa shape index (κ3) is 7.05. The van der Waals surface area contributed by atoms with Crippen LogP contribution in [-0.4, -0.2) is 63.5 Å². The third-order valence-corrected chi connectivity index (χ3v) is 9.58. The Kier molecular flexibility index (Phi) is 9.33. The van der Waals surface area contributed by atoms with Gasteiger partial charge in [0.1, 0.15) is 0 Å². The molecule has 2 aromatic rings. The lowest BCUT2D eigenvalue weighted by atomic mass is 9.86. The summed E-state index contributed by atoms with van der Waals surface area (Å²) in [5.41, 5.74) is 1.54. The van der Waals surface area contributed by atoms with Gasteiger partial charge in [0.15, 0.2) is 0 Å². The van der Waals surface area contributed by atoms with E-state index in [-0.39, 0.29) is 35.3 Å². The van der Waals surface area contributed by atoms with Gasteiger partial charge in [0.25, 0.3) is 0 Å². The average molecular weight is 565 g/mol. The van der Waals surface area contributed by atoms with E-state index >= 15 is 0 Å². The molecule has 2 fully saturated rings. The first-order valence-electron chi connectivity index (χ1n) is 13.5. The van der Waals surface area contributed by atoms with E-state index in [0.717, 1.165) is 54.3 Å². The second-order valence-corrected chi connectivity index (χ2v) is 13.4. The number of aromatic nitrogens is 1. The van der Waals surface area contributed by atoms with Crippen LogP contribution >= 0.6 is 11.3 Å². The number of carbonyl (C=O) groups is 1. The highest BCUT2D eigenvalue weighted by Crippen LogP contribution is 2.40. The van der Waals surface area contributed by atoms with Crippen molar-refractivity contribution < 1.29 is 22.7 Å². The van der Waals surface area contributed by atoms with Gasteiger partial charge in [-0.1, -0.05) is 13.0 Å². The van der Waals surface area contributed by atoms with E-state index in [1.807, 2.05) is 39.8 Å². The van der Waals surface area contributed by atoms with Gasteiger partial charge in [-0.15, -0.1) is 11.3 Å². The number of alkyl carbamates (subject to hydrolysis) is 1. The second-order valence-electron chi connectivity index (χ2n) is 10.6. The molecular formula is C27H40N4O5S2. The Bertz CT molecular complexity index is 1200. The minimum absolute atomic E-state index is 0.105. The van der Waals surface area contributed by atoms with Crippen LogP contribution in [0, 0.1) is 0 Å². The van der Waals surface area contributed by atoms with Crippen LogP contribution in [0.3, 0.4) is 0 Å². The summed E-state index contributed by atoms with van der Waals surface area (Å²) in [5.74, 6) is 0.292. The maximum atomic E-state index is 13.2. The second kappa shape index (κ2) is 12.3. The maximum Gasteiger partial charge on any atom is 0.407 e. The molecule has 0 radical (unpaired) electrons. The summed E-state index contributed by atoms with van der Waals surface area (Å²) in [6.07, 6.45) is 5.17. The molecule has 1 saturated heterocycles. The fourth-order valence-corrected chi connectivity index (χ4v) is 7.49. The van der Waals surface area contributed by atoms with Crippen LogP contribution in [0.4, 0.5) is 10.5 Å². The van der Waals surface area contributed by atoms with Crippen molar-refractivity contribution >= 4 is 33.1 Å². The monoisotopic (exact) mass is 564 g/mol. The first kappa shape index (κ1) is 28.8. The first-order valence-corrected chi connectivity index (χ1v) is 15.8. The van der Waals surface area contributed by atoms with E-state index in [9.17, 15) is 13.2 Å². The molecule has 2 N–H and O–H groups in total. The lowest BCUT2D eigenvalue weighted by Gasteiger charge is -2.41. The van der Waals surface area contributed by atoms with Gasteiger partial charge in [-0.25, -0.2) is 22.9 Å². The average Bonchev–Trinajstić information content (AvgIpc) is 3.31. The molecule has 0 atom stereocenters. The minimum atomic E-state index is -3.69. The van der Waals surface area contributed by atoms with Crippen molar-refractivity contribution in [1.29, 1.82) is 0 Å². The summed E-state index contributed by atoms with van der Waals surface area (Å²) in [5, 5.41) is 3.97. The van der Waals surface area contributed by atoms with Gasteiger partial charge in [0.05, 0.1) is 33.1 Å². The summed E-state index contributed by atoms with van der Waals surface area (Å²) in [7, 11) is -3.69. The number of carbonyl (C=O) groups excluding carboxylic acids is 1. The Balaban J connectivity index is 1.48. The lowest BCUT2D eigenvalue weighted by molar-refractivity contribution is -0.00720. The smallest absolute Gasteiger partial charge is 0.407 e. The predicted octanol–water partition coefficient (Wildman–Crippen LogP) is 4.88. The molecule has 1 aromatic carbocycles. The molecule has 9 nitrogen and oxygen atoms in total. The van der Waals surface area contributed by atoms with Gasteiger partial charge < -0.3 is 19.7 Å². The normalized spacial score (nSPS) is 20.6. The molecule has 38 heavy (non-hydrogen) atoms. The zero-order chi connectivity index (χ0) is 27.4. The fraction of sp³-hybridized carbons (Fsp3) is 0.630. The number of benzene rings is 1. The summed E-state index contributed by atoms with van der Waals surface area (Å²) >= 11 is 1.56. The van der Waals surface area contributed by atoms with Gasteiger partial charge in [0, 0.05) is 49.0 Å². The van der Waals surface area contributed by atoms with E-state index in [0.29, 0.717) is 18.0 Å². The number of thiazole rings is 1. The number of hydrogen-bond acceptors (Lipinski definition) is 8. The van der Waals surface area contributed by atoms with Crippen LogP contribution in [0.25, 0.3) is 10.4 Å². The zero-order valence-corrected chi connectivity index (χ0v) is 24.5. The molecular weight excluding hydrogens is 524 g/mol. The number of nitrogens with zero attached hydrogens (tertiary/aromatic N) is 2. The minimum Gasteiger partial charge on any atom is -0.447 e. The van der Waals surface area contributed by atoms with Crippen molar-refractivity contribution in [3.63, 3.8) is 0 Å². The number of rotatable bonds is 10. The van der Waals surface area contributed by atoms with Gasteiger partial charge >= 0.3 is 6.09 Å².